The number of nitrogens with two attached hydrogens (primary N) is 1. The number of ether oxygens (including phenoxy) is 2. The van der Waals surface area contributed by atoms with Crippen LogP contribution in [0.5, 0.6) is 11.5 Å². The molecule has 1 heterocycles. The maximum absolute atomic E-state index is 12.8. The summed E-state index contributed by atoms with van der Waals surface area (Å²) in [4.78, 5) is 0. The fraction of sp³-hybridized carbons (Fsp3) is 0.455. The van der Waals surface area contributed by atoms with Crippen LogP contribution in [0.2, 0.25) is 0 Å². The molecule has 3 rings (SSSR count). The van der Waals surface area contributed by atoms with Crippen molar-refractivity contribution in [1.82, 2.24) is 0 Å². The number of rotatable bonds is 2. The maximum Gasteiger partial charge on any atom is 0.586 e. The van der Waals surface area contributed by atoms with Crippen molar-refractivity contribution < 1.29 is 18.3 Å². The van der Waals surface area contributed by atoms with Gasteiger partial charge in [0.1, 0.15) is 0 Å². The van der Waals surface area contributed by atoms with E-state index in [-0.39, 0.29) is 29.9 Å². The number of halogens is 3. The molecule has 0 spiro atoms. The molecule has 17 heavy (non-hydrogen) atoms. The highest BCUT2D eigenvalue weighted by Crippen LogP contribution is 2.45. The highest BCUT2D eigenvalue weighted by molar-refractivity contribution is 5.85. The van der Waals surface area contributed by atoms with E-state index in [1.807, 2.05) is 0 Å². The number of fused-ring (bicyclic) bond motifs is 1. The van der Waals surface area contributed by atoms with E-state index in [0.29, 0.717) is 5.92 Å². The maximum atomic E-state index is 12.8. The van der Waals surface area contributed by atoms with Crippen molar-refractivity contribution in [3.8, 4) is 11.5 Å². The van der Waals surface area contributed by atoms with Gasteiger partial charge in [-0.1, -0.05) is 6.07 Å². The number of hydrogen-bond donors (Lipinski definition) is 1. The number of alkyl halides is 2. The Morgan fingerprint density at radius 3 is 2.53 bits per heavy atom. The second-order valence-corrected chi connectivity index (χ2v) is 4.24. The number of benzene rings is 1. The summed E-state index contributed by atoms with van der Waals surface area (Å²) in [5.74, 6) is 0.608. The second kappa shape index (κ2) is 3.99. The van der Waals surface area contributed by atoms with Gasteiger partial charge in [0.25, 0.3) is 0 Å². The van der Waals surface area contributed by atoms with Crippen LogP contribution in [0, 0.1) is 5.92 Å². The Bertz CT molecular complexity index is 437. The molecule has 2 aliphatic rings. The van der Waals surface area contributed by atoms with Gasteiger partial charge in [0, 0.05) is 6.04 Å². The number of hydrogen-bond acceptors (Lipinski definition) is 3. The molecule has 1 aromatic rings. The third-order valence-electron chi connectivity index (χ3n) is 2.94. The molecule has 0 unspecified atom stereocenters. The van der Waals surface area contributed by atoms with Gasteiger partial charge in [-0.25, -0.2) is 0 Å². The largest absolute Gasteiger partial charge is 0.586 e. The summed E-state index contributed by atoms with van der Waals surface area (Å²) >= 11 is 0. The van der Waals surface area contributed by atoms with Gasteiger partial charge in [-0.2, -0.15) is 0 Å². The lowest BCUT2D eigenvalue weighted by atomic mass is 10.0. The van der Waals surface area contributed by atoms with Crippen molar-refractivity contribution in [2.24, 2.45) is 11.7 Å². The van der Waals surface area contributed by atoms with Gasteiger partial charge in [-0.15, -0.1) is 21.2 Å². The summed E-state index contributed by atoms with van der Waals surface area (Å²) in [6, 6.07) is 4.64. The molecule has 0 saturated heterocycles. The topological polar surface area (TPSA) is 44.5 Å². The minimum atomic E-state index is -3.55. The molecule has 1 atom stereocenters. The Balaban J connectivity index is 0.00000108. The molecule has 2 N–H and O–H groups in total. The first-order chi connectivity index (χ1) is 7.55. The molecule has 1 fully saturated rings. The van der Waals surface area contributed by atoms with Crippen LogP contribution in [-0.4, -0.2) is 6.29 Å². The fourth-order valence-electron chi connectivity index (χ4n) is 1.90. The average molecular weight is 264 g/mol. The highest BCUT2D eigenvalue weighted by atomic mass is 35.5. The molecule has 1 aliphatic heterocycles. The van der Waals surface area contributed by atoms with E-state index in [9.17, 15) is 8.78 Å². The Labute approximate surface area is 103 Å². The summed E-state index contributed by atoms with van der Waals surface area (Å²) in [5.41, 5.74) is 6.80. The zero-order valence-electron chi connectivity index (χ0n) is 8.86. The average Bonchev–Trinajstić information content (AvgIpc) is 2.98. The smallest absolute Gasteiger partial charge is 0.395 e. The van der Waals surface area contributed by atoms with Crippen molar-refractivity contribution in [1.29, 1.82) is 0 Å². The quantitative estimate of drug-likeness (QED) is 0.892. The first-order valence-corrected chi connectivity index (χ1v) is 5.20. The predicted octanol–water partition coefficient (Wildman–Crippen LogP) is 2.84. The van der Waals surface area contributed by atoms with Gasteiger partial charge in [0.2, 0.25) is 0 Å². The van der Waals surface area contributed by atoms with Crippen molar-refractivity contribution in [3.63, 3.8) is 0 Å². The van der Waals surface area contributed by atoms with Gasteiger partial charge >= 0.3 is 6.29 Å². The summed E-state index contributed by atoms with van der Waals surface area (Å²) in [6.45, 7) is 0. The van der Waals surface area contributed by atoms with Gasteiger partial charge in [0.15, 0.2) is 11.5 Å². The molecule has 0 amide bonds. The lowest BCUT2D eigenvalue weighted by molar-refractivity contribution is -0.286. The van der Waals surface area contributed by atoms with E-state index >= 15 is 0 Å². The van der Waals surface area contributed by atoms with Crippen LogP contribution < -0.4 is 15.2 Å². The van der Waals surface area contributed by atoms with E-state index in [1.54, 1.807) is 12.1 Å². The summed E-state index contributed by atoms with van der Waals surface area (Å²) in [7, 11) is 0. The first-order valence-electron chi connectivity index (χ1n) is 5.20. The Hall–Kier alpha value is -1.07. The molecule has 1 aromatic carbocycles. The molecule has 94 valence electrons. The lowest BCUT2D eigenvalue weighted by Gasteiger charge is -2.10. The molecule has 0 bridgehead atoms. The summed E-state index contributed by atoms with van der Waals surface area (Å²) < 4.78 is 34.2. The van der Waals surface area contributed by atoms with Crippen molar-refractivity contribution in [2.75, 3.05) is 0 Å². The minimum Gasteiger partial charge on any atom is -0.395 e. The third kappa shape index (κ3) is 2.30. The molecule has 1 saturated carbocycles. The van der Waals surface area contributed by atoms with E-state index in [2.05, 4.69) is 9.47 Å². The normalized spacial score (nSPS) is 21.8. The van der Waals surface area contributed by atoms with Crippen LogP contribution in [0.15, 0.2) is 18.2 Å². The van der Waals surface area contributed by atoms with Gasteiger partial charge < -0.3 is 15.2 Å². The van der Waals surface area contributed by atoms with Gasteiger partial charge in [-0.05, 0) is 36.5 Å². The zero-order chi connectivity index (χ0) is 11.3. The third-order valence-corrected chi connectivity index (χ3v) is 2.94. The summed E-state index contributed by atoms with van der Waals surface area (Å²) in [5, 5.41) is 0. The van der Waals surface area contributed by atoms with Crippen LogP contribution in [0.3, 0.4) is 0 Å². The Morgan fingerprint density at radius 2 is 1.88 bits per heavy atom. The summed E-state index contributed by atoms with van der Waals surface area (Å²) in [6.07, 6.45) is -1.35. The molecule has 0 radical (unpaired) electrons. The van der Waals surface area contributed by atoms with Crippen molar-refractivity contribution in [3.05, 3.63) is 23.8 Å². The zero-order valence-corrected chi connectivity index (χ0v) is 9.68. The molecule has 6 heteroatoms. The standard InChI is InChI=1S/C11H11F2NO2.ClH/c12-11(13)15-8-4-3-7(5-9(8)16-11)10(14)6-1-2-6;/h3-6,10H,1-2,14H2;1H/t10-;/m1./s1. The molecule has 0 aromatic heterocycles. The predicted molar refractivity (Wildman–Crippen MR) is 59.5 cm³/mol. The molecule has 3 nitrogen and oxygen atoms in total. The van der Waals surface area contributed by atoms with E-state index in [4.69, 9.17) is 5.73 Å². The first kappa shape index (κ1) is 12.4. The second-order valence-electron chi connectivity index (χ2n) is 4.24. The Morgan fingerprint density at radius 1 is 1.24 bits per heavy atom. The van der Waals surface area contributed by atoms with Gasteiger partial charge in [-0.3, -0.25) is 0 Å². The van der Waals surface area contributed by atoms with Crippen molar-refractivity contribution in [2.45, 2.75) is 25.2 Å². The van der Waals surface area contributed by atoms with E-state index in [1.165, 1.54) is 6.07 Å². The lowest BCUT2D eigenvalue weighted by Crippen LogP contribution is -2.25. The van der Waals surface area contributed by atoms with E-state index < -0.39 is 6.29 Å². The van der Waals surface area contributed by atoms with Crippen LogP contribution in [0.25, 0.3) is 0 Å². The van der Waals surface area contributed by atoms with Gasteiger partial charge in [0.05, 0.1) is 0 Å². The van der Waals surface area contributed by atoms with Crippen LogP contribution in [0.4, 0.5) is 8.78 Å². The van der Waals surface area contributed by atoms with Crippen LogP contribution >= 0.6 is 12.4 Å². The van der Waals surface area contributed by atoms with E-state index in [0.717, 1.165) is 18.4 Å². The molecular weight excluding hydrogens is 252 g/mol. The fourth-order valence-corrected chi connectivity index (χ4v) is 1.90. The monoisotopic (exact) mass is 263 g/mol. The SMILES string of the molecule is Cl.N[C@@H](c1ccc2c(c1)OC(F)(F)O2)C1CC1. The highest BCUT2D eigenvalue weighted by Gasteiger charge is 2.43. The van der Waals surface area contributed by atoms with Crippen LogP contribution in [-0.2, 0) is 0 Å². The Kier molecular flexibility index (Phi) is 2.91. The minimum absolute atomic E-state index is 0. The molecule has 1 aliphatic carbocycles. The molecular formula is C11H12ClF2NO2. The van der Waals surface area contributed by atoms with Crippen molar-refractivity contribution >= 4 is 12.4 Å². The van der Waals surface area contributed by atoms with Crippen LogP contribution in [0.1, 0.15) is 24.4 Å².